The highest BCUT2D eigenvalue weighted by Crippen LogP contribution is 2.44. The van der Waals surface area contributed by atoms with Gasteiger partial charge in [0.2, 0.25) is 0 Å². The van der Waals surface area contributed by atoms with Gasteiger partial charge in [0, 0.05) is 6.61 Å². The minimum Gasteiger partial charge on any atom is -0.459 e. The molecular weight excluding hydrogens is 314 g/mol. The number of carbonyl (C=O) groups excluding carboxylic acids is 1. The number of carbonyl (C=O) groups is 1. The van der Waals surface area contributed by atoms with Crippen molar-refractivity contribution in [3.05, 3.63) is 0 Å². The Hall–Kier alpha value is -0.610. The van der Waals surface area contributed by atoms with Gasteiger partial charge in [0.05, 0.1) is 6.10 Å². The minimum atomic E-state index is -0.566. The van der Waals surface area contributed by atoms with Crippen LogP contribution in [0.2, 0.25) is 0 Å². The van der Waals surface area contributed by atoms with Crippen molar-refractivity contribution in [1.82, 2.24) is 0 Å². The van der Waals surface area contributed by atoms with Gasteiger partial charge in [-0.3, -0.25) is 4.79 Å². The second-order valence-corrected chi connectivity index (χ2v) is 9.06. The van der Waals surface area contributed by atoms with Crippen molar-refractivity contribution in [2.45, 2.75) is 96.3 Å². The fourth-order valence-corrected chi connectivity index (χ4v) is 4.87. The van der Waals surface area contributed by atoms with Crippen LogP contribution in [0.3, 0.4) is 0 Å². The molecule has 4 nitrogen and oxygen atoms in total. The summed E-state index contributed by atoms with van der Waals surface area (Å²) in [6.45, 7) is 4.46. The topological polar surface area (TPSA) is 61.6 Å². The van der Waals surface area contributed by atoms with Crippen LogP contribution in [0.5, 0.6) is 0 Å². The minimum absolute atomic E-state index is 0.0186. The number of hydrogen-bond donors (Lipinski definition) is 1. The largest absolute Gasteiger partial charge is 0.459 e. The van der Waals surface area contributed by atoms with Crippen molar-refractivity contribution < 1.29 is 14.3 Å². The molecule has 2 bridgehead atoms. The number of nitrogens with two attached hydrogens (primary N) is 1. The van der Waals surface area contributed by atoms with E-state index in [2.05, 4.69) is 0 Å². The molecule has 3 fully saturated rings. The molecule has 2 N–H and O–H groups in total. The molecule has 4 heteroatoms. The maximum atomic E-state index is 11.8. The third-order valence-corrected chi connectivity index (χ3v) is 6.52. The first-order chi connectivity index (χ1) is 12.0. The van der Waals surface area contributed by atoms with Crippen LogP contribution in [-0.2, 0) is 14.3 Å². The second-order valence-electron chi connectivity index (χ2n) is 9.06. The number of esters is 1. The quantitative estimate of drug-likeness (QED) is 0.636. The average Bonchev–Trinajstić information content (AvgIpc) is 3.38. The first-order valence-corrected chi connectivity index (χ1v) is 10.6. The molecule has 25 heavy (non-hydrogen) atoms. The average molecular weight is 352 g/mol. The zero-order valence-electron chi connectivity index (χ0n) is 16.1. The van der Waals surface area contributed by atoms with E-state index in [0.717, 1.165) is 36.7 Å². The molecule has 2 unspecified atom stereocenters. The Morgan fingerprint density at radius 1 is 1.04 bits per heavy atom. The third-order valence-electron chi connectivity index (χ3n) is 6.52. The number of hydrogen-bond acceptors (Lipinski definition) is 4. The van der Waals surface area contributed by atoms with Crippen LogP contribution in [0, 0.1) is 23.7 Å². The van der Waals surface area contributed by atoms with Gasteiger partial charge in [-0.05, 0) is 82.5 Å². The summed E-state index contributed by atoms with van der Waals surface area (Å²) in [7, 11) is 0. The van der Waals surface area contributed by atoms with Crippen LogP contribution in [0.15, 0.2) is 0 Å². The summed E-state index contributed by atoms with van der Waals surface area (Å²) in [6.07, 6.45) is 13.2. The van der Waals surface area contributed by atoms with Gasteiger partial charge in [-0.25, -0.2) is 0 Å². The van der Waals surface area contributed by atoms with Crippen LogP contribution in [0.25, 0.3) is 0 Å². The molecule has 0 amide bonds. The van der Waals surface area contributed by atoms with Crippen LogP contribution < -0.4 is 5.73 Å². The molecule has 0 spiro atoms. The molecule has 0 heterocycles. The Labute approximate surface area is 153 Å². The summed E-state index contributed by atoms with van der Waals surface area (Å²) in [5.74, 6) is 3.19. The van der Waals surface area contributed by atoms with E-state index >= 15 is 0 Å². The van der Waals surface area contributed by atoms with E-state index in [1.54, 1.807) is 6.92 Å². The highest BCUT2D eigenvalue weighted by Gasteiger charge is 2.33. The predicted octanol–water partition coefficient (Wildman–Crippen LogP) is 4.06. The van der Waals surface area contributed by atoms with E-state index in [1.807, 2.05) is 6.92 Å². The van der Waals surface area contributed by atoms with Crippen LogP contribution in [-0.4, -0.2) is 30.8 Å². The maximum Gasteiger partial charge on any atom is 0.322 e. The molecule has 3 aliphatic carbocycles. The van der Waals surface area contributed by atoms with E-state index in [-0.39, 0.29) is 18.2 Å². The predicted molar refractivity (Wildman–Crippen MR) is 99.1 cm³/mol. The Bertz CT molecular complexity index is 423. The Morgan fingerprint density at radius 2 is 1.72 bits per heavy atom. The Kier molecular flexibility index (Phi) is 6.79. The second kappa shape index (κ2) is 8.85. The first-order valence-electron chi connectivity index (χ1n) is 10.6. The molecular formula is C21H37NO3. The molecule has 144 valence electrons. The van der Waals surface area contributed by atoms with Crippen molar-refractivity contribution >= 4 is 5.97 Å². The molecule has 0 aromatic carbocycles. The molecule has 0 aromatic rings. The van der Waals surface area contributed by atoms with Crippen LogP contribution in [0.1, 0.15) is 78.1 Å². The molecule has 5 atom stereocenters. The smallest absolute Gasteiger partial charge is 0.322 e. The van der Waals surface area contributed by atoms with E-state index in [0.29, 0.717) is 0 Å². The molecule has 0 radical (unpaired) electrons. The number of ether oxygens (including phenoxy) is 2. The summed E-state index contributed by atoms with van der Waals surface area (Å²) in [5, 5.41) is 0. The van der Waals surface area contributed by atoms with Gasteiger partial charge in [0.1, 0.15) is 12.1 Å². The van der Waals surface area contributed by atoms with Gasteiger partial charge >= 0.3 is 5.97 Å². The zero-order valence-corrected chi connectivity index (χ0v) is 16.1. The van der Waals surface area contributed by atoms with Crippen molar-refractivity contribution in [3.8, 4) is 0 Å². The lowest BCUT2D eigenvalue weighted by atomic mass is 9.67. The van der Waals surface area contributed by atoms with Gasteiger partial charge in [-0.1, -0.05) is 19.3 Å². The molecule has 0 aliphatic heterocycles. The monoisotopic (exact) mass is 351 g/mol. The van der Waals surface area contributed by atoms with E-state index in [9.17, 15) is 4.79 Å². The van der Waals surface area contributed by atoms with Crippen molar-refractivity contribution in [1.29, 1.82) is 0 Å². The van der Waals surface area contributed by atoms with Gasteiger partial charge in [-0.2, -0.15) is 0 Å². The van der Waals surface area contributed by atoms with E-state index < -0.39 is 6.04 Å². The Morgan fingerprint density at radius 3 is 2.32 bits per heavy atom. The van der Waals surface area contributed by atoms with Crippen molar-refractivity contribution in [2.24, 2.45) is 29.4 Å². The summed E-state index contributed by atoms with van der Waals surface area (Å²) >= 11 is 0. The number of rotatable bonds is 9. The molecule has 0 aromatic heterocycles. The summed E-state index contributed by atoms with van der Waals surface area (Å²) in [5.41, 5.74) is 5.64. The van der Waals surface area contributed by atoms with Gasteiger partial charge in [0.25, 0.3) is 0 Å². The fourth-order valence-electron chi connectivity index (χ4n) is 4.87. The van der Waals surface area contributed by atoms with E-state index in [4.69, 9.17) is 15.2 Å². The molecule has 3 aliphatic rings. The molecule has 3 rings (SSSR count). The van der Waals surface area contributed by atoms with Gasteiger partial charge < -0.3 is 15.2 Å². The van der Waals surface area contributed by atoms with Crippen LogP contribution in [0.4, 0.5) is 0 Å². The van der Waals surface area contributed by atoms with Gasteiger partial charge in [0.15, 0.2) is 0 Å². The lowest BCUT2D eigenvalue weighted by Crippen LogP contribution is -2.38. The SMILES string of the molecule is C[C@H](N)C(=O)O[C@@H](C)[C@@H](CCC1CC2CCCC(C2)C1)OCC1CC1. The van der Waals surface area contributed by atoms with E-state index in [1.165, 1.54) is 57.8 Å². The highest BCUT2D eigenvalue weighted by atomic mass is 16.6. The maximum absolute atomic E-state index is 11.8. The molecule has 3 saturated carbocycles. The standard InChI is InChI=1S/C21H37NO3/c1-14(22)21(23)25-15(2)20(24-13-16-6-7-16)9-8-19-11-17-4-3-5-18(10-17)12-19/h14-20H,3-13,22H2,1-2H3/t14-,15-,17?,18?,19?,20+/m0/s1. The lowest BCUT2D eigenvalue weighted by molar-refractivity contribution is -0.158. The molecule has 0 saturated heterocycles. The normalized spacial score (nSPS) is 32.7. The van der Waals surface area contributed by atoms with Crippen LogP contribution >= 0.6 is 0 Å². The zero-order chi connectivity index (χ0) is 17.8. The number of fused-ring (bicyclic) bond motifs is 2. The fraction of sp³-hybridized carbons (Fsp3) is 0.952. The summed E-state index contributed by atoms with van der Waals surface area (Å²) < 4.78 is 11.7. The Balaban J connectivity index is 1.48. The van der Waals surface area contributed by atoms with Gasteiger partial charge in [-0.15, -0.1) is 0 Å². The summed E-state index contributed by atoms with van der Waals surface area (Å²) in [6, 6.07) is -0.566. The van der Waals surface area contributed by atoms with Crippen molar-refractivity contribution in [3.63, 3.8) is 0 Å². The lowest BCUT2D eigenvalue weighted by Gasteiger charge is -2.39. The summed E-state index contributed by atoms with van der Waals surface area (Å²) in [4.78, 5) is 11.8. The highest BCUT2D eigenvalue weighted by molar-refractivity contribution is 5.75. The van der Waals surface area contributed by atoms with Crippen molar-refractivity contribution in [2.75, 3.05) is 6.61 Å². The third kappa shape index (κ3) is 5.96. The first kappa shape index (κ1) is 19.2.